The minimum atomic E-state index is -0.675. The van der Waals surface area contributed by atoms with E-state index in [2.05, 4.69) is 5.32 Å². The second-order valence-corrected chi connectivity index (χ2v) is 5.68. The third-order valence-electron chi connectivity index (χ3n) is 2.91. The molecule has 0 fully saturated rings. The molecule has 0 heterocycles. The maximum absolute atomic E-state index is 13.4. The molecule has 1 atom stereocenters. The highest BCUT2D eigenvalue weighted by Gasteiger charge is 2.24. The van der Waals surface area contributed by atoms with Gasteiger partial charge in [-0.15, -0.1) is 0 Å². The van der Waals surface area contributed by atoms with Gasteiger partial charge >= 0.3 is 0 Å². The predicted molar refractivity (Wildman–Crippen MR) is 70.6 cm³/mol. The third kappa shape index (κ3) is 3.32. The van der Waals surface area contributed by atoms with Gasteiger partial charge in [-0.3, -0.25) is 10.1 Å². The van der Waals surface area contributed by atoms with E-state index in [1.165, 1.54) is 0 Å². The Morgan fingerprint density at radius 1 is 1.44 bits per heavy atom. The largest absolute Gasteiger partial charge is 0.376 e. The molecule has 18 heavy (non-hydrogen) atoms. The minimum absolute atomic E-state index is 0.0585. The molecule has 0 spiro atoms. The highest BCUT2D eigenvalue weighted by Crippen LogP contribution is 2.32. The smallest absolute Gasteiger partial charge is 0.294 e. The quantitative estimate of drug-likeness (QED) is 0.663. The van der Waals surface area contributed by atoms with Gasteiger partial charge in [-0.05, 0) is 12.3 Å². The summed E-state index contributed by atoms with van der Waals surface area (Å²) in [6.07, 6.45) is 0. The Morgan fingerprint density at radius 2 is 2.00 bits per heavy atom. The van der Waals surface area contributed by atoms with Gasteiger partial charge in [-0.2, -0.15) is 0 Å². The summed E-state index contributed by atoms with van der Waals surface area (Å²) >= 11 is 5.55. The van der Waals surface area contributed by atoms with Gasteiger partial charge in [0.05, 0.1) is 9.95 Å². The van der Waals surface area contributed by atoms with E-state index in [9.17, 15) is 14.5 Å². The van der Waals surface area contributed by atoms with Crippen molar-refractivity contribution in [1.82, 2.24) is 0 Å². The van der Waals surface area contributed by atoms with Crippen LogP contribution in [0.4, 0.5) is 15.8 Å². The van der Waals surface area contributed by atoms with E-state index >= 15 is 0 Å². The lowest BCUT2D eigenvalue weighted by Gasteiger charge is -2.28. The van der Waals surface area contributed by atoms with Crippen molar-refractivity contribution in [2.75, 3.05) is 5.32 Å². The first kappa shape index (κ1) is 14.7. The molecule has 6 heteroatoms. The van der Waals surface area contributed by atoms with Crippen molar-refractivity contribution in [3.8, 4) is 0 Å². The topological polar surface area (TPSA) is 55.2 Å². The molecule has 1 aromatic carbocycles. The number of hydrogen-bond donors (Lipinski definition) is 1. The Kier molecular flexibility index (Phi) is 4.16. The molecule has 0 radical (unpaired) electrons. The molecule has 0 aliphatic rings. The van der Waals surface area contributed by atoms with Gasteiger partial charge in [0.1, 0.15) is 11.5 Å². The lowest BCUT2D eigenvalue weighted by atomic mass is 9.88. The van der Waals surface area contributed by atoms with Crippen molar-refractivity contribution < 1.29 is 9.31 Å². The van der Waals surface area contributed by atoms with Gasteiger partial charge in [0.15, 0.2) is 0 Å². The summed E-state index contributed by atoms with van der Waals surface area (Å²) < 4.78 is 13.4. The SMILES string of the molecule is CC(Nc1cc(F)c(Cl)cc1[N+](=O)[O-])C(C)(C)C. The van der Waals surface area contributed by atoms with Crippen molar-refractivity contribution in [2.45, 2.75) is 33.7 Å². The standard InChI is InChI=1S/C12H16ClFN2O2/c1-7(12(2,3)4)15-10-6-9(14)8(13)5-11(10)16(17)18/h5-7,15H,1-4H3. The summed E-state index contributed by atoms with van der Waals surface area (Å²) in [6, 6.07) is 2.02. The van der Waals surface area contributed by atoms with Gasteiger partial charge in [0.25, 0.3) is 5.69 Å². The lowest BCUT2D eigenvalue weighted by molar-refractivity contribution is -0.384. The number of hydrogen-bond acceptors (Lipinski definition) is 3. The van der Waals surface area contributed by atoms with Gasteiger partial charge in [0, 0.05) is 18.2 Å². The normalized spacial score (nSPS) is 13.2. The van der Waals surface area contributed by atoms with Gasteiger partial charge in [-0.1, -0.05) is 32.4 Å². The summed E-state index contributed by atoms with van der Waals surface area (Å²) in [6.45, 7) is 7.85. The number of nitro benzene ring substituents is 1. The van der Waals surface area contributed by atoms with Gasteiger partial charge < -0.3 is 5.32 Å². The zero-order valence-electron chi connectivity index (χ0n) is 10.8. The molecule has 0 aromatic heterocycles. The third-order valence-corrected chi connectivity index (χ3v) is 3.20. The van der Waals surface area contributed by atoms with Crippen LogP contribution in [0.25, 0.3) is 0 Å². The minimum Gasteiger partial charge on any atom is -0.376 e. The highest BCUT2D eigenvalue weighted by atomic mass is 35.5. The second-order valence-electron chi connectivity index (χ2n) is 5.27. The average Bonchev–Trinajstić information content (AvgIpc) is 2.21. The number of benzene rings is 1. The van der Waals surface area contributed by atoms with E-state index in [4.69, 9.17) is 11.6 Å². The lowest BCUT2D eigenvalue weighted by Crippen LogP contribution is -2.31. The first-order valence-electron chi connectivity index (χ1n) is 5.53. The van der Waals surface area contributed by atoms with Crippen molar-refractivity contribution in [3.05, 3.63) is 33.1 Å². The molecule has 0 aliphatic carbocycles. The van der Waals surface area contributed by atoms with Crippen molar-refractivity contribution in [3.63, 3.8) is 0 Å². The van der Waals surface area contributed by atoms with Crippen LogP contribution in [0.1, 0.15) is 27.7 Å². The van der Waals surface area contributed by atoms with E-state index < -0.39 is 10.7 Å². The van der Waals surface area contributed by atoms with Crippen LogP contribution in [0, 0.1) is 21.3 Å². The van der Waals surface area contributed by atoms with Crippen molar-refractivity contribution >= 4 is 23.0 Å². The highest BCUT2D eigenvalue weighted by molar-refractivity contribution is 6.31. The monoisotopic (exact) mass is 274 g/mol. The number of nitrogens with zero attached hydrogens (tertiary/aromatic N) is 1. The first-order chi connectivity index (χ1) is 8.12. The second kappa shape index (κ2) is 5.10. The Morgan fingerprint density at radius 3 is 2.44 bits per heavy atom. The Bertz CT molecular complexity index is 472. The molecule has 0 saturated carbocycles. The van der Waals surface area contributed by atoms with Crippen LogP contribution in [-0.2, 0) is 0 Å². The number of anilines is 1. The fourth-order valence-electron chi connectivity index (χ4n) is 1.25. The molecule has 0 amide bonds. The molecule has 4 nitrogen and oxygen atoms in total. The Balaban J connectivity index is 3.15. The number of nitrogens with one attached hydrogen (secondary N) is 1. The molecular formula is C12H16ClFN2O2. The molecular weight excluding hydrogens is 259 g/mol. The van der Waals surface area contributed by atoms with Gasteiger partial charge in [-0.25, -0.2) is 4.39 Å². The average molecular weight is 275 g/mol. The Hall–Kier alpha value is -1.36. The summed E-state index contributed by atoms with van der Waals surface area (Å²) in [5.74, 6) is -0.675. The molecule has 1 N–H and O–H groups in total. The molecule has 0 bridgehead atoms. The van der Waals surface area contributed by atoms with Crippen LogP contribution in [0.15, 0.2) is 12.1 Å². The summed E-state index contributed by atoms with van der Waals surface area (Å²) in [7, 11) is 0. The van der Waals surface area contributed by atoms with E-state index in [1.54, 1.807) is 0 Å². The number of nitro groups is 1. The summed E-state index contributed by atoms with van der Waals surface area (Å²) in [5.41, 5.74) is -0.189. The van der Waals surface area contributed by atoms with Crippen LogP contribution in [0.3, 0.4) is 0 Å². The zero-order valence-corrected chi connectivity index (χ0v) is 11.5. The van der Waals surface area contributed by atoms with Crippen LogP contribution < -0.4 is 5.32 Å². The molecule has 0 aliphatic heterocycles. The molecule has 0 saturated heterocycles. The summed E-state index contributed by atoms with van der Waals surface area (Å²) in [5, 5.41) is 13.6. The van der Waals surface area contributed by atoms with Gasteiger partial charge in [0.2, 0.25) is 0 Å². The fraction of sp³-hybridized carbons (Fsp3) is 0.500. The van der Waals surface area contributed by atoms with Crippen molar-refractivity contribution in [2.24, 2.45) is 5.41 Å². The Labute approximate surface area is 110 Å². The predicted octanol–water partition coefficient (Wildman–Crippen LogP) is 4.23. The summed E-state index contributed by atoms with van der Waals surface area (Å²) in [4.78, 5) is 10.3. The zero-order chi connectivity index (χ0) is 14.1. The van der Waals surface area contributed by atoms with E-state index in [0.717, 1.165) is 12.1 Å². The fourth-order valence-corrected chi connectivity index (χ4v) is 1.41. The van der Waals surface area contributed by atoms with Crippen molar-refractivity contribution in [1.29, 1.82) is 0 Å². The number of rotatable bonds is 3. The molecule has 1 unspecified atom stereocenters. The van der Waals surface area contributed by atoms with E-state index in [0.29, 0.717) is 0 Å². The van der Waals surface area contributed by atoms with Crippen LogP contribution in [-0.4, -0.2) is 11.0 Å². The van der Waals surface area contributed by atoms with E-state index in [-0.39, 0.29) is 27.9 Å². The molecule has 1 rings (SSSR count). The maximum atomic E-state index is 13.4. The maximum Gasteiger partial charge on any atom is 0.294 e. The molecule has 1 aromatic rings. The van der Waals surface area contributed by atoms with E-state index in [1.807, 2.05) is 27.7 Å². The first-order valence-corrected chi connectivity index (χ1v) is 5.90. The van der Waals surface area contributed by atoms with Crippen LogP contribution >= 0.6 is 11.6 Å². The molecule has 100 valence electrons. The number of halogens is 2. The van der Waals surface area contributed by atoms with Crippen LogP contribution in [0.2, 0.25) is 5.02 Å². The van der Waals surface area contributed by atoms with Crippen LogP contribution in [0.5, 0.6) is 0 Å².